The third kappa shape index (κ3) is 4.56. The van der Waals surface area contributed by atoms with Crippen LogP contribution < -0.4 is 5.32 Å². The average Bonchev–Trinajstić information content (AvgIpc) is 2.92. The van der Waals surface area contributed by atoms with Gasteiger partial charge in [-0.3, -0.25) is 19.5 Å². The normalized spacial score (nSPS) is 23.5. The molecular weight excluding hydrogens is 354 g/mol. The third-order valence-corrected chi connectivity index (χ3v) is 5.83. The van der Waals surface area contributed by atoms with E-state index in [-0.39, 0.29) is 11.7 Å². The van der Waals surface area contributed by atoms with Crippen LogP contribution in [0.2, 0.25) is 0 Å². The number of ketones is 1. The van der Waals surface area contributed by atoms with Crippen molar-refractivity contribution in [3.8, 4) is 0 Å². The minimum atomic E-state index is -0.395. The molecule has 1 saturated heterocycles. The number of Topliss-reactive ketones (excluding diaryl/α,β-unsaturated/α-hetero) is 1. The second-order valence-corrected chi connectivity index (χ2v) is 7.84. The summed E-state index contributed by atoms with van der Waals surface area (Å²) in [5.74, 6) is 0.599. The Labute approximate surface area is 165 Å². The predicted molar refractivity (Wildman–Crippen MR) is 107 cm³/mol. The Morgan fingerprint density at radius 2 is 2.07 bits per heavy atom. The number of hydrogen-bond acceptors (Lipinski definition) is 5. The van der Waals surface area contributed by atoms with Crippen molar-refractivity contribution in [1.82, 2.24) is 10.2 Å². The molecule has 1 atom stereocenters. The van der Waals surface area contributed by atoms with Crippen molar-refractivity contribution in [3.63, 3.8) is 0 Å². The standard InChI is InChI=1S/C22H27N3O3/c26-20(22-19-4-2-1-3-17(19)7-12-28-22)13-16-5-10-25(11-6-16)15-18-14-21(27)24-9-8-23-18/h1-4,8-9,16,22H,5-7,10-15H2,(H,24,27). The molecule has 0 aromatic heterocycles. The van der Waals surface area contributed by atoms with Crippen molar-refractivity contribution >= 4 is 17.4 Å². The third-order valence-electron chi connectivity index (χ3n) is 5.83. The van der Waals surface area contributed by atoms with Gasteiger partial charge in [0.15, 0.2) is 5.78 Å². The number of likely N-dealkylation sites (tertiary alicyclic amines) is 1. The lowest BCUT2D eigenvalue weighted by molar-refractivity contribution is -0.133. The lowest BCUT2D eigenvalue weighted by Gasteiger charge is -2.33. The molecule has 1 fully saturated rings. The van der Waals surface area contributed by atoms with Crippen molar-refractivity contribution in [2.45, 2.75) is 38.2 Å². The highest BCUT2D eigenvalue weighted by molar-refractivity contribution is 6.03. The Hall–Kier alpha value is -2.31. The molecular formula is C22H27N3O3. The number of carbonyl (C=O) groups excluding carboxylic acids is 2. The number of hydrogen-bond donors (Lipinski definition) is 1. The first kappa shape index (κ1) is 19.0. The van der Waals surface area contributed by atoms with Crippen molar-refractivity contribution in [2.75, 3.05) is 26.2 Å². The van der Waals surface area contributed by atoms with Gasteiger partial charge in [0.2, 0.25) is 5.91 Å². The van der Waals surface area contributed by atoms with Gasteiger partial charge in [0, 0.05) is 31.1 Å². The number of aliphatic imine (C=N–C) groups is 1. The topological polar surface area (TPSA) is 71.0 Å². The van der Waals surface area contributed by atoms with E-state index in [0.717, 1.165) is 50.2 Å². The van der Waals surface area contributed by atoms with Crippen LogP contribution in [-0.2, 0) is 20.7 Å². The second-order valence-electron chi connectivity index (χ2n) is 7.84. The van der Waals surface area contributed by atoms with Gasteiger partial charge < -0.3 is 10.1 Å². The molecule has 1 amide bonds. The van der Waals surface area contributed by atoms with Gasteiger partial charge >= 0.3 is 0 Å². The molecule has 1 aromatic rings. The maximum atomic E-state index is 12.9. The van der Waals surface area contributed by atoms with E-state index in [1.54, 1.807) is 12.4 Å². The van der Waals surface area contributed by atoms with Crippen LogP contribution in [0.4, 0.5) is 0 Å². The Kier molecular flexibility index (Phi) is 5.98. The molecule has 1 N–H and O–H groups in total. The number of nitrogens with one attached hydrogen (secondary N) is 1. The molecule has 6 heteroatoms. The van der Waals surface area contributed by atoms with Crippen LogP contribution in [0.25, 0.3) is 0 Å². The lowest BCUT2D eigenvalue weighted by atomic mass is 9.87. The Morgan fingerprint density at radius 3 is 2.93 bits per heavy atom. The summed E-state index contributed by atoms with van der Waals surface area (Å²) < 4.78 is 5.83. The van der Waals surface area contributed by atoms with Gasteiger partial charge in [-0.15, -0.1) is 0 Å². The van der Waals surface area contributed by atoms with E-state index < -0.39 is 6.10 Å². The molecule has 4 rings (SSSR count). The zero-order valence-electron chi connectivity index (χ0n) is 16.1. The van der Waals surface area contributed by atoms with Crippen LogP contribution in [-0.4, -0.2) is 48.5 Å². The van der Waals surface area contributed by atoms with Crippen molar-refractivity contribution in [2.24, 2.45) is 10.9 Å². The largest absolute Gasteiger partial charge is 0.365 e. The van der Waals surface area contributed by atoms with Crippen LogP contribution in [0.15, 0.2) is 41.7 Å². The fourth-order valence-corrected chi connectivity index (χ4v) is 4.31. The summed E-state index contributed by atoms with van der Waals surface area (Å²) in [4.78, 5) is 31.2. The first-order chi connectivity index (χ1) is 13.7. The highest BCUT2D eigenvalue weighted by atomic mass is 16.5. The van der Waals surface area contributed by atoms with Gasteiger partial charge in [0.1, 0.15) is 6.10 Å². The highest BCUT2D eigenvalue weighted by Crippen LogP contribution is 2.31. The van der Waals surface area contributed by atoms with Crippen LogP contribution in [0, 0.1) is 5.92 Å². The van der Waals surface area contributed by atoms with Crippen molar-refractivity contribution < 1.29 is 14.3 Å². The molecule has 1 aromatic carbocycles. The van der Waals surface area contributed by atoms with Crippen LogP contribution in [0.1, 0.15) is 42.9 Å². The van der Waals surface area contributed by atoms with Gasteiger partial charge in [-0.2, -0.15) is 0 Å². The summed E-state index contributed by atoms with van der Waals surface area (Å²) >= 11 is 0. The fourth-order valence-electron chi connectivity index (χ4n) is 4.31. The maximum Gasteiger partial charge on any atom is 0.229 e. The van der Waals surface area contributed by atoms with E-state index in [2.05, 4.69) is 21.3 Å². The van der Waals surface area contributed by atoms with E-state index in [9.17, 15) is 9.59 Å². The van der Waals surface area contributed by atoms with E-state index >= 15 is 0 Å². The Morgan fingerprint density at radius 1 is 1.25 bits per heavy atom. The number of nitrogens with zero attached hydrogens (tertiary/aromatic N) is 2. The molecule has 3 aliphatic rings. The van der Waals surface area contributed by atoms with E-state index in [1.807, 2.05) is 18.2 Å². The summed E-state index contributed by atoms with van der Waals surface area (Å²) in [6.07, 6.45) is 6.64. The van der Waals surface area contributed by atoms with Crippen molar-refractivity contribution in [1.29, 1.82) is 0 Å². The number of fused-ring (bicyclic) bond motifs is 1. The van der Waals surface area contributed by atoms with Crippen LogP contribution in [0.3, 0.4) is 0 Å². The molecule has 3 aliphatic heterocycles. The molecule has 0 spiro atoms. The number of rotatable bonds is 5. The minimum Gasteiger partial charge on any atom is -0.365 e. The lowest BCUT2D eigenvalue weighted by Crippen LogP contribution is -2.39. The van der Waals surface area contributed by atoms with Gasteiger partial charge in [0.05, 0.1) is 13.0 Å². The number of amides is 1. The van der Waals surface area contributed by atoms with Crippen LogP contribution in [0.5, 0.6) is 0 Å². The molecule has 0 saturated carbocycles. The van der Waals surface area contributed by atoms with Gasteiger partial charge in [0.25, 0.3) is 0 Å². The molecule has 148 valence electrons. The fraction of sp³-hybridized carbons (Fsp3) is 0.500. The number of carbonyl (C=O) groups is 2. The maximum absolute atomic E-state index is 12.9. The molecule has 0 radical (unpaired) electrons. The summed E-state index contributed by atoms with van der Waals surface area (Å²) in [6, 6.07) is 8.14. The zero-order chi connectivity index (χ0) is 19.3. The number of piperidine rings is 1. The number of ether oxygens (including phenoxy) is 1. The molecule has 0 aliphatic carbocycles. The van der Waals surface area contributed by atoms with Crippen molar-refractivity contribution in [3.05, 3.63) is 47.8 Å². The average molecular weight is 381 g/mol. The quantitative estimate of drug-likeness (QED) is 0.850. The summed E-state index contributed by atoms with van der Waals surface area (Å²) in [7, 11) is 0. The van der Waals surface area contributed by atoms with Gasteiger partial charge in [-0.05, 0) is 49.4 Å². The monoisotopic (exact) mass is 381 g/mol. The summed E-state index contributed by atoms with van der Waals surface area (Å²) in [6.45, 7) is 3.21. The Balaban J connectivity index is 1.28. The molecule has 6 nitrogen and oxygen atoms in total. The second kappa shape index (κ2) is 8.80. The minimum absolute atomic E-state index is 0.0132. The summed E-state index contributed by atoms with van der Waals surface area (Å²) in [5.41, 5.74) is 3.19. The smallest absolute Gasteiger partial charge is 0.229 e. The number of benzene rings is 1. The van der Waals surface area contributed by atoms with E-state index in [4.69, 9.17) is 4.74 Å². The summed E-state index contributed by atoms with van der Waals surface area (Å²) in [5, 5.41) is 2.68. The molecule has 28 heavy (non-hydrogen) atoms. The first-order valence-corrected chi connectivity index (χ1v) is 10.1. The van der Waals surface area contributed by atoms with Gasteiger partial charge in [-0.1, -0.05) is 24.3 Å². The van der Waals surface area contributed by atoms with Crippen LogP contribution >= 0.6 is 0 Å². The SMILES string of the molecule is O=C1CC(CN2CCC(CC(=O)C3OCCc4ccccc43)CC2)=NC=CN1. The Bertz CT molecular complexity index is 794. The molecule has 0 bridgehead atoms. The van der Waals surface area contributed by atoms with E-state index in [0.29, 0.717) is 25.4 Å². The zero-order valence-corrected chi connectivity index (χ0v) is 16.1. The highest BCUT2D eigenvalue weighted by Gasteiger charge is 2.30. The predicted octanol–water partition coefficient (Wildman–Crippen LogP) is 2.40. The molecule has 3 heterocycles. The van der Waals surface area contributed by atoms with Gasteiger partial charge in [-0.25, -0.2) is 0 Å². The van der Waals surface area contributed by atoms with E-state index in [1.165, 1.54) is 5.56 Å². The first-order valence-electron chi connectivity index (χ1n) is 10.1. The molecule has 1 unspecified atom stereocenters.